The Morgan fingerprint density at radius 2 is 2.11 bits per heavy atom. The molecule has 0 saturated carbocycles. The van der Waals surface area contributed by atoms with Gasteiger partial charge in [-0.15, -0.1) is 0 Å². The van der Waals surface area contributed by atoms with Gasteiger partial charge in [0.25, 0.3) is 0 Å². The van der Waals surface area contributed by atoms with Crippen LogP contribution in [-0.2, 0) is 6.54 Å². The van der Waals surface area contributed by atoms with Gasteiger partial charge >= 0.3 is 0 Å². The first-order valence-corrected chi connectivity index (χ1v) is 6.60. The van der Waals surface area contributed by atoms with Crippen LogP contribution in [0.4, 0.5) is 0 Å². The Morgan fingerprint density at radius 3 is 2.72 bits per heavy atom. The van der Waals surface area contributed by atoms with Crippen molar-refractivity contribution in [1.82, 2.24) is 15.1 Å². The normalized spacial score (nSPS) is 26.2. The van der Waals surface area contributed by atoms with Crippen LogP contribution in [-0.4, -0.2) is 50.6 Å². The maximum atomic E-state index is 10.1. The number of H-pyrrole nitrogens is 1. The highest BCUT2D eigenvalue weighted by Crippen LogP contribution is 2.23. The van der Waals surface area contributed by atoms with Crippen LogP contribution in [0.5, 0.6) is 0 Å². The first-order chi connectivity index (χ1) is 8.54. The third-order valence-corrected chi connectivity index (χ3v) is 3.97. The minimum Gasteiger partial charge on any atom is -0.393 e. The maximum absolute atomic E-state index is 10.1. The zero-order chi connectivity index (χ0) is 13.2. The molecule has 1 saturated heterocycles. The van der Waals surface area contributed by atoms with Crippen LogP contribution in [0.25, 0.3) is 0 Å². The average Bonchev–Trinajstić information content (AvgIpc) is 2.57. The van der Waals surface area contributed by atoms with Crippen LogP contribution in [0.3, 0.4) is 0 Å². The predicted octanol–water partition coefficient (Wildman–Crippen LogP) is 0.736. The second-order valence-corrected chi connectivity index (χ2v) is 5.42. The molecule has 0 radical (unpaired) electrons. The first kappa shape index (κ1) is 13.5. The van der Waals surface area contributed by atoms with Gasteiger partial charge in [-0.05, 0) is 39.7 Å². The number of likely N-dealkylation sites (tertiary alicyclic amines) is 1. The number of aromatic amines is 1. The molecule has 1 aliphatic heterocycles. The largest absolute Gasteiger partial charge is 0.393 e. The minimum absolute atomic E-state index is 0.134. The Bertz CT molecular complexity index is 385. The predicted molar refractivity (Wildman–Crippen MR) is 69.2 cm³/mol. The molecule has 0 bridgehead atoms. The molecule has 0 unspecified atom stereocenters. The van der Waals surface area contributed by atoms with Crippen LogP contribution < -0.4 is 0 Å². The van der Waals surface area contributed by atoms with E-state index in [-0.39, 0.29) is 6.61 Å². The van der Waals surface area contributed by atoms with Crippen molar-refractivity contribution in [3.63, 3.8) is 0 Å². The van der Waals surface area contributed by atoms with Crippen molar-refractivity contribution >= 4 is 0 Å². The smallest absolute Gasteiger partial charge is 0.0890 e. The molecule has 1 fully saturated rings. The molecule has 3 N–H and O–H groups in total. The molecule has 102 valence electrons. The van der Waals surface area contributed by atoms with Gasteiger partial charge in [0.05, 0.1) is 17.9 Å². The SMILES string of the molecule is Cc1n[nH]c(C)c1CN1CCC[C@@](O)(CO)CC1. The van der Waals surface area contributed by atoms with E-state index >= 15 is 0 Å². The summed E-state index contributed by atoms with van der Waals surface area (Å²) in [7, 11) is 0. The fraction of sp³-hybridized carbons (Fsp3) is 0.769. The third kappa shape index (κ3) is 2.91. The van der Waals surface area contributed by atoms with E-state index in [1.807, 2.05) is 13.8 Å². The number of aliphatic hydroxyl groups is 2. The van der Waals surface area contributed by atoms with Crippen LogP contribution in [0.15, 0.2) is 0 Å². The number of hydrogen-bond acceptors (Lipinski definition) is 4. The lowest BCUT2D eigenvalue weighted by Gasteiger charge is -2.24. The molecule has 5 nitrogen and oxygen atoms in total. The lowest BCUT2D eigenvalue weighted by molar-refractivity contribution is -0.0255. The number of hydrogen-bond donors (Lipinski definition) is 3. The molecule has 1 aliphatic rings. The van der Waals surface area contributed by atoms with Gasteiger partial charge in [0, 0.05) is 24.3 Å². The zero-order valence-corrected chi connectivity index (χ0v) is 11.2. The van der Waals surface area contributed by atoms with Gasteiger partial charge in [0.2, 0.25) is 0 Å². The van der Waals surface area contributed by atoms with Crippen LogP contribution in [0.2, 0.25) is 0 Å². The van der Waals surface area contributed by atoms with Gasteiger partial charge in [-0.25, -0.2) is 0 Å². The second-order valence-electron chi connectivity index (χ2n) is 5.42. The van der Waals surface area contributed by atoms with E-state index in [9.17, 15) is 10.2 Å². The molecule has 2 rings (SSSR count). The number of aliphatic hydroxyl groups excluding tert-OH is 1. The molecule has 0 spiro atoms. The third-order valence-electron chi connectivity index (χ3n) is 3.97. The monoisotopic (exact) mass is 253 g/mol. The van der Waals surface area contributed by atoms with Crippen molar-refractivity contribution in [2.75, 3.05) is 19.7 Å². The van der Waals surface area contributed by atoms with Gasteiger partial charge < -0.3 is 10.2 Å². The quantitative estimate of drug-likeness (QED) is 0.743. The molecule has 1 aromatic heterocycles. The molecule has 18 heavy (non-hydrogen) atoms. The number of aromatic nitrogens is 2. The van der Waals surface area contributed by atoms with Crippen molar-refractivity contribution in [3.8, 4) is 0 Å². The standard InChI is InChI=1S/C13H23N3O2/c1-10-12(11(2)15-14-10)8-16-6-3-4-13(18,9-17)5-7-16/h17-18H,3-9H2,1-2H3,(H,14,15)/t13-/m0/s1. The first-order valence-electron chi connectivity index (χ1n) is 6.60. The molecular formula is C13H23N3O2. The maximum Gasteiger partial charge on any atom is 0.0890 e. The van der Waals surface area contributed by atoms with Crippen molar-refractivity contribution in [1.29, 1.82) is 0 Å². The van der Waals surface area contributed by atoms with E-state index in [1.165, 1.54) is 5.56 Å². The Balaban J connectivity index is 1.99. The number of nitrogens with one attached hydrogen (secondary N) is 1. The summed E-state index contributed by atoms with van der Waals surface area (Å²) in [6, 6.07) is 0. The van der Waals surface area contributed by atoms with Crippen LogP contribution >= 0.6 is 0 Å². The van der Waals surface area contributed by atoms with E-state index < -0.39 is 5.60 Å². The molecule has 0 amide bonds. The minimum atomic E-state index is -0.880. The van der Waals surface area contributed by atoms with E-state index in [0.29, 0.717) is 12.8 Å². The van der Waals surface area contributed by atoms with E-state index in [1.54, 1.807) is 0 Å². The number of nitrogens with zero attached hydrogens (tertiary/aromatic N) is 2. The van der Waals surface area contributed by atoms with Gasteiger partial charge in [0.1, 0.15) is 0 Å². The summed E-state index contributed by atoms with van der Waals surface area (Å²) in [5.41, 5.74) is 2.54. The highest BCUT2D eigenvalue weighted by atomic mass is 16.3. The van der Waals surface area contributed by atoms with Crippen molar-refractivity contribution in [2.45, 2.75) is 45.3 Å². The molecule has 2 heterocycles. The lowest BCUT2D eigenvalue weighted by atomic mass is 9.96. The summed E-state index contributed by atoms with van der Waals surface area (Å²) in [4.78, 5) is 2.33. The summed E-state index contributed by atoms with van der Waals surface area (Å²) in [5, 5.41) is 26.6. The highest BCUT2D eigenvalue weighted by Gasteiger charge is 2.29. The molecule has 1 atom stereocenters. The second kappa shape index (κ2) is 5.38. The zero-order valence-electron chi connectivity index (χ0n) is 11.2. The molecule has 0 aromatic carbocycles. The molecular weight excluding hydrogens is 230 g/mol. The van der Waals surface area contributed by atoms with E-state index in [0.717, 1.165) is 37.4 Å². The molecule has 5 heteroatoms. The molecule has 0 aliphatic carbocycles. The number of rotatable bonds is 3. The fourth-order valence-corrected chi connectivity index (χ4v) is 2.58. The highest BCUT2D eigenvalue weighted by molar-refractivity contribution is 5.22. The van der Waals surface area contributed by atoms with Gasteiger partial charge in [0.15, 0.2) is 0 Å². The van der Waals surface area contributed by atoms with Gasteiger partial charge in [-0.2, -0.15) is 5.10 Å². The summed E-state index contributed by atoms with van der Waals surface area (Å²) in [5.74, 6) is 0. The fourth-order valence-electron chi connectivity index (χ4n) is 2.58. The van der Waals surface area contributed by atoms with Crippen LogP contribution in [0.1, 0.15) is 36.2 Å². The average molecular weight is 253 g/mol. The van der Waals surface area contributed by atoms with Crippen molar-refractivity contribution in [3.05, 3.63) is 17.0 Å². The van der Waals surface area contributed by atoms with E-state index in [4.69, 9.17) is 0 Å². The molecule has 1 aromatic rings. The Morgan fingerprint density at radius 1 is 1.33 bits per heavy atom. The Kier molecular flexibility index (Phi) is 4.04. The van der Waals surface area contributed by atoms with E-state index in [2.05, 4.69) is 15.1 Å². The topological polar surface area (TPSA) is 72.4 Å². The van der Waals surface area contributed by atoms with Gasteiger partial charge in [-0.1, -0.05) is 0 Å². The lowest BCUT2D eigenvalue weighted by Crippen LogP contribution is -2.34. The summed E-state index contributed by atoms with van der Waals surface area (Å²) < 4.78 is 0. The summed E-state index contributed by atoms with van der Waals surface area (Å²) in [6.07, 6.45) is 2.25. The van der Waals surface area contributed by atoms with Gasteiger partial charge in [-0.3, -0.25) is 10.00 Å². The Labute approximate surface area is 108 Å². The Hall–Kier alpha value is -0.910. The summed E-state index contributed by atoms with van der Waals surface area (Å²) >= 11 is 0. The van der Waals surface area contributed by atoms with Crippen LogP contribution in [0, 0.1) is 13.8 Å². The number of aryl methyl sites for hydroxylation is 2. The van der Waals surface area contributed by atoms with Crippen molar-refractivity contribution < 1.29 is 10.2 Å². The summed E-state index contributed by atoms with van der Waals surface area (Å²) in [6.45, 7) is 6.58. The van der Waals surface area contributed by atoms with Crippen molar-refractivity contribution in [2.24, 2.45) is 0 Å².